The second-order valence-corrected chi connectivity index (χ2v) is 3.62. The van der Waals surface area contributed by atoms with Gasteiger partial charge in [-0.05, 0) is 24.4 Å². The molecule has 0 saturated heterocycles. The van der Waals surface area contributed by atoms with Crippen molar-refractivity contribution in [3.05, 3.63) is 30.3 Å². The highest BCUT2D eigenvalue weighted by Crippen LogP contribution is 2.04. The molecule has 0 aliphatic heterocycles. The first kappa shape index (κ1) is 13.8. The fourth-order valence-electron chi connectivity index (χ4n) is 1.11. The molecule has 0 heterocycles. The van der Waals surface area contributed by atoms with Crippen LogP contribution in [0.5, 0.6) is 0 Å². The summed E-state index contributed by atoms with van der Waals surface area (Å²) in [6.07, 6.45) is -2.43. The van der Waals surface area contributed by atoms with Crippen molar-refractivity contribution in [1.29, 1.82) is 0 Å². The molecule has 94 valence electrons. The monoisotopic (exact) mass is 260 g/mol. The summed E-state index contributed by atoms with van der Waals surface area (Å²) in [5, 5.41) is 6.26. The molecule has 0 unspecified atom stereocenters. The molecule has 0 aliphatic carbocycles. The Morgan fingerprint density at radius 1 is 1.29 bits per heavy atom. The van der Waals surface area contributed by atoms with Crippen LogP contribution in [0, 0.1) is 0 Å². The molecular formula is C11H14F2N2OS. The highest BCUT2D eigenvalue weighted by atomic mass is 32.1. The lowest BCUT2D eigenvalue weighted by atomic mass is 10.3. The zero-order valence-electron chi connectivity index (χ0n) is 9.16. The number of nitrogens with one attached hydrogen (secondary N) is 2. The van der Waals surface area contributed by atoms with Crippen molar-refractivity contribution in [2.45, 2.75) is 6.43 Å². The molecule has 0 saturated carbocycles. The van der Waals surface area contributed by atoms with Gasteiger partial charge in [-0.25, -0.2) is 8.78 Å². The van der Waals surface area contributed by atoms with Crippen LogP contribution >= 0.6 is 12.2 Å². The minimum atomic E-state index is -2.43. The van der Waals surface area contributed by atoms with E-state index in [0.29, 0.717) is 11.7 Å². The lowest BCUT2D eigenvalue weighted by molar-refractivity contribution is 0.0197. The van der Waals surface area contributed by atoms with Gasteiger partial charge in [-0.2, -0.15) is 0 Å². The molecule has 2 N–H and O–H groups in total. The Bertz CT molecular complexity index is 336. The SMILES string of the molecule is FC(F)COCCNC(=S)Nc1ccccc1. The van der Waals surface area contributed by atoms with E-state index >= 15 is 0 Å². The molecule has 0 radical (unpaired) electrons. The first-order chi connectivity index (χ1) is 8.18. The van der Waals surface area contributed by atoms with Gasteiger partial charge in [-0.15, -0.1) is 0 Å². The van der Waals surface area contributed by atoms with Crippen LogP contribution in [-0.4, -0.2) is 31.3 Å². The average molecular weight is 260 g/mol. The standard InChI is InChI=1S/C11H14F2N2OS/c12-10(13)8-16-7-6-14-11(17)15-9-4-2-1-3-5-9/h1-5,10H,6-8H2,(H2,14,15,17). The fourth-order valence-corrected chi connectivity index (χ4v) is 1.33. The van der Waals surface area contributed by atoms with Crippen LogP contribution in [0.1, 0.15) is 0 Å². The summed E-state index contributed by atoms with van der Waals surface area (Å²) in [7, 11) is 0. The first-order valence-corrected chi connectivity index (χ1v) is 5.55. The van der Waals surface area contributed by atoms with Gasteiger partial charge in [-0.3, -0.25) is 0 Å². The molecule has 6 heteroatoms. The van der Waals surface area contributed by atoms with Gasteiger partial charge in [0.25, 0.3) is 6.43 Å². The Kier molecular flexibility index (Phi) is 6.42. The average Bonchev–Trinajstić information content (AvgIpc) is 2.29. The second-order valence-electron chi connectivity index (χ2n) is 3.21. The molecule has 0 fully saturated rings. The van der Waals surface area contributed by atoms with Gasteiger partial charge in [-0.1, -0.05) is 18.2 Å². The van der Waals surface area contributed by atoms with Crippen molar-refractivity contribution < 1.29 is 13.5 Å². The number of alkyl halides is 2. The van der Waals surface area contributed by atoms with Crippen LogP contribution in [0.2, 0.25) is 0 Å². The van der Waals surface area contributed by atoms with Crippen molar-refractivity contribution >= 4 is 23.0 Å². The third-order valence-corrected chi connectivity index (χ3v) is 2.05. The van der Waals surface area contributed by atoms with Gasteiger partial charge in [0.05, 0.1) is 6.61 Å². The van der Waals surface area contributed by atoms with Crippen LogP contribution in [0.4, 0.5) is 14.5 Å². The largest absolute Gasteiger partial charge is 0.374 e. The maximum Gasteiger partial charge on any atom is 0.261 e. The second kappa shape index (κ2) is 7.92. The number of benzene rings is 1. The Morgan fingerprint density at radius 3 is 2.65 bits per heavy atom. The number of thiocarbonyl (C=S) groups is 1. The molecule has 0 bridgehead atoms. The Labute approximate surface area is 104 Å². The lowest BCUT2D eigenvalue weighted by Gasteiger charge is -2.10. The maximum absolute atomic E-state index is 11.7. The van der Waals surface area contributed by atoms with Crippen molar-refractivity contribution in [3.63, 3.8) is 0 Å². The van der Waals surface area contributed by atoms with Crippen LogP contribution in [0.3, 0.4) is 0 Å². The number of ether oxygens (including phenoxy) is 1. The van der Waals surface area contributed by atoms with Gasteiger partial charge >= 0.3 is 0 Å². The molecule has 17 heavy (non-hydrogen) atoms. The fraction of sp³-hybridized carbons (Fsp3) is 0.364. The van der Waals surface area contributed by atoms with Gasteiger partial charge in [0.15, 0.2) is 5.11 Å². The minimum absolute atomic E-state index is 0.195. The van der Waals surface area contributed by atoms with E-state index in [0.717, 1.165) is 5.69 Å². The molecule has 1 aromatic rings. The Balaban J connectivity index is 2.10. The van der Waals surface area contributed by atoms with Gasteiger partial charge in [0, 0.05) is 12.2 Å². The van der Waals surface area contributed by atoms with Crippen molar-refractivity contribution in [2.24, 2.45) is 0 Å². The van der Waals surface area contributed by atoms with Crippen molar-refractivity contribution in [3.8, 4) is 0 Å². The molecule has 0 amide bonds. The normalized spacial score (nSPS) is 10.3. The number of hydrogen-bond acceptors (Lipinski definition) is 2. The van der Waals surface area contributed by atoms with E-state index in [4.69, 9.17) is 17.0 Å². The molecule has 0 aromatic heterocycles. The lowest BCUT2D eigenvalue weighted by Crippen LogP contribution is -2.31. The maximum atomic E-state index is 11.7. The zero-order valence-corrected chi connectivity index (χ0v) is 9.97. The highest BCUT2D eigenvalue weighted by Gasteiger charge is 2.01. The third kappa shape index (κ3) is 6.80. The third-order valence-electron chi connectivity index (χ3n) is 1.81. The summed E-state index contributed by atoms with van der Waals surface area (Å²) in [6, 6.07) is 9.43. The summed E-state index contributed by atoms with van der Waals surface area (Å²) in [6.45, 7) is 0.0485. The van der Waals surface area contributed by atoms with Crippen molar-refractivity contribution in [1.82, 2.24) is 5.32 Å². The van der Waals surface area contributed by atoms with E-state index in [1.54, 1.807) is 0 Å². The molecule has 0 spiro atoms. The van der Waals surface area contributed by atoms with Gasteiger partial charge < -0.3 is 15.4 Å². The van der Waals surface area contributed by atoms with E-state index in [-0.39, 0.29) is 6.61 Å². The molecule has 0 aliphatic rings. The number of halogens is 2. The highest BCUT2D eigenvalue weighted by molar-refractivity contribution is 7.80. The Hall–Kier alpha value is -1.27. The summed E-state index contributed by atoms with van der Waals surface area (Å²) in [5.41, 5.74) is 0.874. The number of rotatable bonds is 6. The van der Waals surface area contributed by atoms with Gasteiger partial charge in [0.2, 0.25) is 0 Å². The van der Waals surface area contributed by atoms with E-state index in [2.05, 4.69) is 10.6 Å². The van der Waals surface area contributed by atoms with Crippen molar-refractivity contribution in [2.75, 3.05) is 25.1 Å². The minimum Gasteiger partial charge on any atom is -0.374 e. The number of para-hydroxylation sites is 1. The Morgan fingerprint density at radius 2 is 2.00 bits per heavy atom. The summed E-state index contributed by atoms with van der Waals surface area (Å²) in [4.78, 5) is 0. The summed E-state index contributed by atoms with van der Waals surface area (Å²) in [5.74, 6) is 0. The summed E-state index contributed by atoms with van der Waals surface area (Å²) < 4.78 is 28.1. The van der Waals surface area contributed by atoms with E-state index in [1.807, 2.05) is 30.3 Å². The predicted octanol–water partition coefficient (Wildman–Crippen LogP) is 2.25. The predicted molar refractivity (Wildman–Crippen MR) is 67.5 cm³/mol. The summed E-state index contributed by atoms with van der Waals surface area (Å²) >= 11 is 5.01. The topological polar surface area (TPSA) is 33.3 Å². The quantitative estimate of drug-likeness (QED) is 0.607. The molecule has 1 rings (SSSR count). The smallest absolute Gasteiger partial charge is 0.261 e. The number of anilines is 1. The van der Waals surface area contributed by atoms with Crippen LogP contribution in [-0.2, 0) is 4.74 Å². The van der Waals surface area contributed by atoms with E-state index < -0.39 is 13.0 Å². The van der Waals surface area contributed by atoms with E-state index in [1.165, 1.54) is 0 Å². The van der Waals surface area contributed by atoms with E-state index in [9.17, 15) is 8.78 Å². The molecular weight excluding hydrogens is 246 g/mol. The molecule has 0 atom stereocenters. The molecule has 3 nitrogen and oxygen atoms in total. The molecule has 1 aromatic carbocycles. The van der Waals surface area contributed by atoms with Gasteiger partial charge in [0.1, 0.15) is 6.61 Å². The first-order valence-electron chi connectivity index (χ1n) is 5.14. The van der Waals surface area contributed by atoms with Crippen LogP contribution in [0.15, 0.2) is 30.3 Å². The zero-order chi connectivity index (χ0) is 12.5. The number of hydrogen-bond donors (Lipinski definition) is 2. The van der Waals surface area contributed by atoms with Crippen LogP contribution < -0.4 is 10.6 Å². The van der Waals surface area contributed by atoms with Crippen LogP contribution in [0.25, 0.3) is 0 Å².